The SMILES string of the molecule is O=C(CCCc1cccs1)N1CCC2(CCN(Cc3ccccn3)C2=O)C1. The normalized spacial score (nSPS) is 22.1. The molecular formula is C21H25N3O2S. The van der Waals surface area contributed by atoms with Crippen molar-refractivity contribution in [2.24, 2.45) is 5.41 Å². The maximum atomic E-state index is 13.0. The lowest BCUT2D eigenvalue weighted by atomic mass is 9.85. The van der Waals surface area contributed by atoms with Crippen molar-refractivity contribution in [1.29, 1.82) is 0 Å². The standard InChI is InChI=1S/C21H25N3O2S/c25-19(8-3-6-18-7-4-14-27-18)24-13-10-21(16-24)9-12-23(20(21)26)15-17-5-1-2-11-22-17/h1-2,4-5,7,11,14H,3,6,8-10,12-13,15-16H2. The third-order valence-electron chi connectivity index (χ3n) is 5.78. The maximum absolute atomic E-state index is 13.0. The van der Waals surface area contributed by atoms with Gasteiger partial charge in [0.25, 0.3) is 0 Å². The van der Waals surface area contributed by atoms with Crippen LogP contribution in [0, 0.1) is 5.41 Å². The summed E-state index contributed by atoms with van der Waals surface area (Å²) in [6, 6.07) is 9.96. The van der Waals surface area contributed by atoms with E-state index in [9.17, 15) is 9.59 Å². The van der Waals surface area contributed by atoms with E-state index in [2.05, 4.69) is 22.5 Å². The number of rotatable bonds is 6. The van der Waals surface area contributed by atoms with Crippen LogP contribution >= 0.6 is 11.3 Å². The van der Waals surface area contributed by atoms with E-state index in [1.807, 2.05) is 28.0 Å². The summed E-state index contributed by atoms with van der Waals surface area (Å²) in [5.41, 5.74) is 0.556. The molecule has 0 aromatic carbocycles. The van der Waals surface area contributed by atoms with Crippen molar-refractivity contribution in [2.75, 3.05) is 19.6 Å². The zero-order valence-electron chi connectivity index (χ0n) is 15.5. The van der Waals surface area contributed by atoms with Gasteiger partial charge in [0.15, 0.2) is 0 Å². The number of amides is 2. The molecule has 2 aromatic heterocycles. The number of nitrogens with zero attached hydrogens (tertiary/aromatic N) is 3. The van der Waals surface area contributed by atoms with Crippen molar-refractivity contribution in [3.05, 3.63) is 52.5 Å². The zero-order valence-corrected chi connectivity index (χ0v) is 16.3. The summed E-state index contributed by atoms with van der Waals surface area (Å²) < 4.78 is 0. The second-order valence-electron chi connectivity index (χ2n) is 7.58. The van der Waals surface area contributed by atoms with Crippen LogP contribution in [0.2, 0.25) is 0 Å². The van der Waals surface area contributed by atoms with Crippen LogP contribution < -0.4 is 0 Å². The molecule has 2 aromatic rings. The van der Waals surface area contributed by atoms with Crippen LogP contribution in [-0.2, 0) is 22.6 Å². The topological polar surface area (TPSA) is 53.5 Å². The minimum Gasteiger partial charge on any atom is -0.342 e. The summed E-state index contributed by atoms with van der Waals surface area (Å²) in [6.07, 6.45) is 5.80. The van der Waals surface area contributed by atoms with Crippen molar-refractivity contribution in [3.63, 3.8) is 0 Å². The molecule has 27 heavy (non-hydrogen) atoms. The Bertz CT molecular complexity index is 793. The number of carbonyl (C=O) groups excluding carboxylic acids is 2. The van der Waals surface area contributed by atoms with E-state index in [4.69, 9.17) is 0 Å². The second-order valence-corrected chi connectivity index (χ2v) is 8.61. The Hall–Kier alpha value is -2.21. The lowest BCUT2D eigenvalue weighted by Gasteiger charge is -2.23. The van der Waals surface area contributed by atoms with Gasteiger partial charge in [-0.2, -0.15) is 0 Å². The summed E-state index contributed by atoms with van der Waals surface area (Å²) in [5, 5.41) is 2.07. The van der Waals surface area contributed by atoms with Gasteiger partial charge in [-0.05, 0) is 49.3 Å². The molecule has 4 rings (SSSR count). The van der Waals surface area contributed by atoms with Gasteiger partial charge in [0.1, 0.15) is 0 Å². The molecule has 2 fully saturated rings. The molecular weight excluding hydrogens is 358 g/mol. The van der Waals surface area contributed by atoms with Gasteiger partial charge in [0.2, 0.25) is 11.8 Å². The van der Waals surface area contributed by atoms with E-state index < -0.39 is 0 Å². The van der Waals surface area contributed by atoms with Crippen LogP contribution in [0.5, 0.6) is 0 Å². The van der Waals surface area contributed by atoms with Crippen molar-refractivity contribution in [1.82, 2.24) is 14.8 Å². The van der Waals surface area contributed by atoms with Crippen LogP contribution in [0.1, 0.15) is 36.3 Å². The van der Waals surface area contributed by atoms with E-state index in [1.54, 1.807) is 17.5 Å². The molecule has 2 amide bonds. The van der Waals surface area contributed by atoms with Gasteiger partial charge >= 0.3 is 0 Å². The number of aryl methyl sites for hydroxylation is 1. The second kappa shape index (κ2) is 7.80. The number of carbonyl (C=O) groups is 2. The number of hydrogen-bond acceptors (Lipinski definition) is 4. The average Bonchev–Trinajstić information content (AvgIpc) is 3.41. The molecule has 0 saturated carbocycles. The lowest BCUT2D eigenvalue weighted by molar-refractivity contribution is -0.137. The predicted octanol–water partition coefficient (Wildman–Crippen LogP) is 3.12. The molecule has 0 aliphatic carbocycles. The summed E-state index contributed by atoms with van der Waals surface area (Å²) in [6.45, 7) is 2.62. The first-order valence-corrected chi connectivity index (χ1v) is 10.5. The van der Waals surface area contributed by atoms with Crippen LogP contribution in [-0.4, -0.2) is 46.2 Å². The van der Waals surface area contributed by atoms with Crippen molar-refractivity contribution >= 4 is 23.2 Å². The molecule has 6 heteroatoms. The fourth-order valence-electron chi connectivity index (χ4n) is 4.22. The van der Waals surface area contributed by atoms with Crippen LogP contribution in [0.25, 0.3) is 0 Å². The number of likely N-dealkylation sites (tertiary alicyclic amines) is 2. The number of hydrogen-bond donors (Lipinski definition) is 0. The van der Waals surface area contributed by atoms with E-state index in [-0.39, 0.29) is 17.2 Å². The first kappa shape index (κ1) is 18.2. The van der Waals surface area contributed by atoms with E-state index in [1.165, 1.54) is 4.88 Å². The minimum absolute atomic E-state index is 0.194. The van der Waals surface area contributed by atoms with Gasteiger partial charge in [-0.25, -0.2) is 0 Å². The lowest BCUT2D eigenvalue weighted by Crippen LogP contribution is -2.38. The van der Waals surface area contributed by atoms with Crippen LogP contribution in [0.3, 0.4) is 0 Å². The Morgan fingerprint density at radius 3 is 2.85 bits per heavy atom. The highest BCUT2D eigenvalue weighted by Gasteiger charge is 2.51. The smallest absolute Gasteiger partial charge is 0.231 e. The van der Waals surface area contributed by atoms with E-state index >= 15 is 0 Å². The quantitative estimate of drug-likeness (QED) is 0.770. The Morgan fingerprint density at radius 2 is 2.07 bits per heavy atom. The summed E-state index contributed by atoms with van der Waals surface area (Å²) in [4.78, 5) is 35.1. The third-order valence-corrected chi connectivity index (χ3v) is 6.72. The Labute approximate surface area is 164 Å². The van der Waals surface area contributed by atoms with Gasteiger partial charge in [-0.1, -0.05) is 12.1 Å². The van der Waals surface area contributed by atoms with Crippen molar-refractivity contribution in [2.45, 2.75) is 38.6 Å². The van der Waals surface area contributed by atoms with Crippen LogP contribution in [0.4, 0.5) is 0 Å². The highest BCUT2D eigenvalue weighted by molar-refractivity contribution is 7.09. The number of pyridine rings is 1. The molecule has 2 aliphatic heterocycles. The molecule has 0 N–H and O–H groups in total. The van der Waals surface area contributed by atoms with E-state index in [0.29, 0.717) is 26.1 Å². The monoisotopic (exact) mass is 383 g/mol. The summed E-state index contributed by atoms with van der Waals surface area (Å²) >= 11 is 1.74. The number of aromatic nitrogens is 1. The highest BCUT2D eigenvalue weighted by Crippen LogP contribution is 2.41. The fourth-order valence-corrected chi connectivity index (χ4v) is 4.97. The minimum atomic E-state index is -0.363. The molecule has 0 radical (unpaired) electrons. The first-order valence-electron chi connectivity index (χ1n) is 9.66. The summed E-state index contributed by atoms with van der Waals surface area (Å²) in [7, 11) is 0. The zero-order chi connectivity index (χ0) is 18.7. The molecule has 1 spiro atoms. The van der Waals surface area contributed by atoms with Crippen molar-refractivity contribution < 1.29 is 9.59 Å². The third kappa shape index (κ3) is 3.90. The molecule has 0 bridgehead atoms. The molecule has 1 atom stereocenters. The van der Waals surface area contributed by atoms with Crippen LogP contribution in [0.15, 0.2) is 41.9 Å². The van der Waals surface area contributed by atoms with Gasteiger partial charge in [0, 0.05) is 37.1 Å². The average molecular weight is 384 g/mol. The number of thiophene rings is 1. The first-order chi connectivity index (χ1) is 13.2. The molecule has 142 valence electrons. The molecule has 2 saturated heterocycles. The predicted molar refractivity (Wildman–Crippen MR) is 105 cm³/mol. The van der Waals surface area contributed by atoms with E-state index in [0.717, 1.165) is 37.9 Å². The van der Waals surface area contributed by atoms with Gasteiger partial charge in [0.05, 0.1) is 17.7 Å². The largest absolute Gasteiger partial charge is 0.342 e. The molecule has 4 heterocycles. The Balaban J connectivity index is 1.30. The molecule has 5 nitrogen and oxygen atoms in total. The molecule has 2 aliphatic rings. The van der Waals surface area contributed by atoms with Gasteiger partial charge in [-0.3, -0.25) is 14.6 Å². The fraction of sp³-hybridized carbons (Fsp3) is 0.476. The van der Waals surface area contributed by atoms with Crippen molar-refractivity contribution in [3.8, 4) is 0 Å². The molecule has 1 unspecified atom stereocenters. The maximum Gasteiger partial charge on any atom is 0.231 e. The highest BCUT2D eigenvalue weighted by atomic mass is 32.1. The Morgan fingerprint density at radius 1 is 1.19 bits per heavy atom. The van der Waals surface area contributed by atoms with Gasteiger partial charge in [-0.15, -0.1) is 11.3 Å². The summed E-state index contributed by atoms with van der Waals surface area (Å²) in [5.74, 6) is 0.390. The van der Waals surface area contributed by atoms with Gasteiger partial charge < -0.3 is 9.80 Å². The Kier molecular flexibility index (Phi) is 5.25.